The SMILES string of the molecule is CC1=C(C)[C@@H](C)[C@@H](C(=O)O)[C@@H](C(=O)O)C1. The van der Waals surface area contributed by atoms with E-state index in [0.29, 0.717) is 6.42 Å². The average Bonchev–Trinajstić information content (AvgIpc) is 2.12. The van der Waals surface area contributed by atoms with Gasteiger partial charge in [0.05, 0.1) is 11.8 Å². The summed E-state index contributed by atoms with van der Waals surface area (Å²) in [6.07, 6.45) is 0.350. The number of carboxylic acids is 2. The number of rotatable bonds is 2. The monoisotopic (exact) mass is 212 g/mol. The van der Waals surface area contributed by atoms with E-state index in [2.05, 4.69) is 0 Å². The van der Waals surface area contributed by atoms with Gasteiger partial charge in [0.15, 0.2) is 0 Å². The van der Waals surface area contributed by atoms with Crippen LogP contribution in [0.15, 0.2) is 11.1 Å². The Morgan fingerprint density at radius 1 is 1.20 bits per heavy atom. The first-order valence-electron chi connectivity index (χ1n) is 4.98. The Kier molecular flexibility index (Phi) is 3.17. The third kappa shape index (κ3) is 2.03. The largest absolute Gasteiger partial charge is 0.481 e. The van der Waals surface area contributed by atoms with Gasteiger partial charge in [0.1, 0.15) is 0 Å². The molecule has 1 aliphatic carbocycles. The highest BCUT2D eigenvalue weighted by Crippen LogP contribution is 2.38. The van der Waals surface area contributed by atoms with Gasteiger partial charge in [-0.25, -0.2) is 0 Å². The second-order valence-corrected chi connectivity index (χ2v) is 4.26. The van der Waals surface area contributed by atoms with E-state index in [0.717, 1.165) is 11.1 Å². The molecule has 0 bridgehead atoms. The quantitative estimate of drug-likeness (QED) is 0.684. The molecule has 0 radical (unpaired) electrons. The summed E-state index contributed by atoms with van der Waals surface area (Å²) in [7, 11) is 0. The van der Waals surface area contributed by atoms with Crippen molar-refractivity contribution in [2.24, 2.45) is 17.8 Å². The molecule has 0 fully saturated rings. The van der Waals surface area contributed by atoms with Gasteiger partial charge in [-0.05, 0) is 26.2 Å². The lowest BCUT2D eigenvalue weighted by molar-refractivity contribution is -0.155. The average molecular weight is 212 g/mol. The normalized spacial score (nSPS) is 31.5. The highest BCUT2D eigenvalue weighted by molar-refractivity contribution is 5.81. The van der Waals surface area contributed by atoms with Crippen molar-refractivity contribution in [3.8, 4) is 0 Å². The van der Waals surface area contributed by atoms with Crippen molar-refractivity contribution in [3.05, 3.63) is 11.1 Å². The molecular formula is C11H16O4. The molecule has 0 saturated heterocycles. The standard InChI is InChI=1S/C11H16O4/c1-5-4-8(10(12)13)9(11(14)15)7(3)6(5)2/h7-9H,4H2,1-3H3,(H,12,13)(H,14,15)/t7-,8+,9-/m1/s1. The van der Waals surface area contributed by atoms with E-state index in [1.165, 1.54) is 0 Å². The number of carboxylic acid groups (broad SMARTS) is 2. The van der Waals surface area contributed by atoms with Crippen molar-refractivity contribution < 1.29 is 19.8 Å². The number of hydrogen-bond donors (Lipinski definition) is 2. The molecule has 84 valence electrons. The van der Waals surface area contributed by atoms with Crippen LogP contribution in [0.5, 0.6) is 0 Å². The molecule has 4 heteroatoms. The first-order chi connectivity index (χ1) is 6.86. The third-order valence-electron chi connectivity index (χ3n) is 3.46. The van der Waals surface area contributed by atoms with Crippen molar-refractivity contribution in [1.29, 1.82) is 0 Å². The molecule has 15 heavy (non-hydrogen) atoms. The lowest BCUT2D eigenvalue weighted by Gasteiger charge is -2.33. The summed E-state index contributed by atoms with van der Waals surface area (Å²) in [6, 6.07) is 0. The highest BCUT2D eigenvalue weighted by atomic mass is 16.4. The summed E-state index contributed by atoms with van der Waals surface area (Å²) in [5, 5.41) is 18.0. The van der Waals surface area contributed by atoms with Crippen LogP contribution in [0, 0.1) is 17.8 Å². The van der Waals surface area contributed by atoms with Gasteiger partial charge in [-0.15, -0.1) is 0 Å². The van der Waals surface area contributed by atoms with E-state index in [9.17, 15) is 9.59 Å². The van der Waals surface area contributed by atoms with Crippen LogP contribution >= 0.6 is 0 Å². The molecule has 0 unspecified atom stereocenters. The van der Waals surface area contributed by atoms with Crippen molar-refractivity contribution in [2.45, 2.75) is 27.2 Å². The predicted octanol–water partition coefficient (Wildman–Crippen LogP) is 1.76. The minimum atomic E-state index is -1.01. The van der Waals surface area contributed by atoms with Crippen molar-refractivity contribution in [2.75, 3.05) is 0 Å². The summed E-state index contributed by atoms with van der Waals surface area (Å²) in [5.74, 6) is -3.81. The Labute approximate surface area is 88.6 Å². The Bertz CT molecular complexity index is 329. The van der Waals surface area contributed by atoms with Crippen LogP contribution in [0.4, 0.5) is 0 Å². The fraction of sp³-hybridized carbons (Fsp3) is 0.636. The van der Waals surface area contributed by atoms with Gasteiger partial charge in [0, 0.05) is 0 Å². The van der Waals surface area contributed by atoms with Crippen molar-refractivity contribution >= 4 is 11.9 Å². The van der Waals surface area contributed by atoms with E-state index in [4.69, 9.17) is 10.2 Å². The zero-order valence-electron chi connectivity index (χ0n) is 9.15. The second kappa shape index (κ2) is 4.04. The van der Waals surface area contributed by atoms with Gasteiger partial charge in [-0.2, -0.15) is 0 Å². The number of aliphatic carboxylic acids is 2. The van der Waals surface area contributed by atoms with Gasteiger partial charge in [0.25, 0.3) is 0 Å². The highest BCUT2D eigenvalue weighted by Gasteiger charge is 2.41. The first-order valence-corrected chi connectivity index (χ1v) is 4.98. The van der Waals surface area contributed by atoms with Gasteiger partial charge in [0.2, 0.25) is 0 Å². The third-order valence-corrected chi connectivity index (χ3v) is 3.46. The number of allylic oxidation sites excluding steroid dienone is 2. The van der Waals surface area contributed by atoms with E-state index < -0.39 is 23.8 Å². The molecule has 0 aliphatic heterocycles. The molecule has 0 aromatic heterocycles. The Morgan fingerprint density at radius 3 is 2.13 bits per heavy atom. The maximum absolute atomic E-state index is 11.0. The first kappa shape index (κ1) is 11.8. The topological polar surface area (TPSA) is 74.6 Å². The number of hydrogen-bond acceptors (Lipinski definition) is 2. The molecule has 1 aliphatic rings. The van der Waals surface area contributed by atoms with E-state index in [1.807, 2.05) is 13.8 Å². The van der Waals surface area contributed by atoms with E-state index >= 15 is 0 Å². The maximum atomic E-state index is 11.0. The summed E-state index contributed by atoms with van der Waals surface area (Å²) in [4.78, 5) is 22.0. The smallest absolute Gasteiger partial charge is 0.307 e. The summed E-state index contributed by atoms with van der Waals surface area (Å²) >= 11 is 0. The lowest BCUT2D eigenvalue weighted by atomic mass is 9.70. The van der Waals surface area contributed by atoms with Crippen LogP contribution < -0.4 is 0 Å². The molecule has 0 heterocycles. The van der Waals surface area contributed by atoms with Crippen molar-refractivity contribution in [1.82, 2.24) is 0 Å². The molecule has 0 amide bonds. The Morgan fingerprint density at radius 2 is 1.73 bits per heavy atom. The fourth-order valence-electron chi connectivity index (χ4n) is 2.25. The second-order valence-electron chi connectivity index (χ2n) is 4.26. The molecule has 0 aromatic rings. The summed E-state index contributed by atoms with van der Waals surface area (Å²) < 4.78 is 0. The minimum absolute atomic E-state index is 0.197. The summed E-state index contributed by atoms with van der Waals surface area (Å²) in [5.41, 5.74) is 2.02. The fourth-order valence-corrected chi connectivity index (χ4v) is 2.25. The molecule has 0 aromatic carbocycles. The Hall–Kier alpha value is -1.32. The molecule has 1 rings (SSSR count). The van der Waals surface area contributed by atoms with Crippen LogP contribution in [0.1, 0.15) is 27.2 Å². The van der Waals surface area contributed by atoms with Crippen LogP contribution in [0.3, 0.4) is 0 Å². The zero-order chi connectivity index (χ0) is 11.7. The van der Waals surface area contributed by atoms with Gasteiger partial charge in [-0.3, -0.25) is 9.59 Å². The molecule has 4 nitrogen and oxygen atoms in total. The van der Waals surface area contributed by atoms with Crippen LogP contribution in [0.25, 0.3) is 0 Å². The maximum Gasteiger partial charge on any atom is 0.307 e. The molecule has 0 spiro atoms. The van der Waals surface area contributed by atoms with E-state index in [1.54, 1.807) is 6.92 Å². The minimum Gasteiger partial charge on any atom is -0.481 e. The van der Waals surface area contributed by atoms with Crippen molar-refractivity contribution in [3.63, 3.8) is 0 Å². The Balaban J connectivity index is 3.11. The summed E-state index contributed by atoms with van der Waals surface area (Å²) in [6.45, 7) is 5.54. The van der Waals surface area contributed by atoms with Crippen LogP contribution in [-0.2, 0) is 9.59 Å². The molecular weight excluding hydrogens is 196 g/mol. The lowest BCUT2D eigenvalue weighted by Crippen LogP contribution is -2.38. The van der Waals surface area contributed by atoms with Gasteiger partial charge < -0.3 is 10.2 Å². The van der Waals surface area contributed by atoms with E-state index in [-0.39, 0.29) is 5.92 Å². The van der Waals surface area contributed by atoms with Crippen LogP contribution in [-0.4, -0.2) is 22.2 Å². The number of carbonyl (C=O) groups is 2. The molecule has 3 atom stereocenters. The molecule has 2 N–H and O–H groups in total. The van der Waals surface area contributed by atoms with Crippen LogP contribution in [0.2, 0.25) is 0 Å². The molecule has 0 saturated carbocycles. The van der Waals surface area contributed by atoms with Gasteiger partial charge >= 0.3 is 11.9 Å². The van der Waals surface area contributed by atoms with Gasteiger partial charge in [-0.1, -0.05) is 18.1 Å². The zero-order valence-corrected chi connectivity index (χ0v) is 9.15. The predicted molar refractivity (Wildman–Crippen MR) is 54.4 cm³/mol.